The second-order valence-corrected chi connectivity index (χ2v) is 10.4. The van der Waals surface area contributed by atoms with Gasteiger partial charge in [0.1, 0.15) is 22.6 Å². The Hall–Kier alpha value is -2.77. The fraction of sp³-hybridized carbons (Fsp3) is 0.158. The van der Waals surface area contributed by atoms with Crippen LogP contribution in [0.25, 0.3) is 0 Å². The molecule has 1 unspecified atom stereocenters. The molecule has 0 saturated heterocycles. The minimum Gasteiger partial charge on any atom is -0.468 e. The van der Waals surface area contributed by atoms with Crippen molar-refractivity contribution in [3.05, 3.63) is 83.8 Å². The highest BCUT2D eigenvalue weighted by Crippen LogP contribution is 2.33. The Morgan fingerprint density at radius 1 is 0.906 bits per heavy atom. The minimum atomic E-state index is -5.14. The first-order chi connectivity index (χ1) is 14.8. The van der Waals surface area contributed by atoms with Crippen molar-refractivity contribution in [2.75, 3.05) is 6.54 Å². The van der Waals surface area contributed by atoms with Gasteiger partial charge in [0, 0.05) is 6.54 Å². The van der Waals surface area contributed by atoms with Crippen LogP contribution in [-0.4, -0.2) is 23.4 Å². The van der Waals surface area contributed by atoms with Crippen LogP contribution in [0.15, 0.2) is 75.1 Å². The summed E-state index contributed by atoms with van der Waals surface area (Å²) in [4.78, 5) is -1.25. The highest BCUT2D eigenvalue weighted by molar-refractivity contribution is 7.92. The predicted octanol–water partition coefficient (Wildman–Crippen LogP) is 4.07. The molecule has 13 heteroatoms. The highest BCUT2D eigenvalue weighted by atomic mass is 32.2. The Bertz CT molecular complexity index is 1300. The molecule has 3 aromatic rings. The molecule has 32 heavy (non-hydrogen) atoms. The van der Waals surface area contributed by atoms with Crippen LogP contribution < -0.4 is 4.72 Å². The summed E-state index contributed by atoms with van der Waals surface area (Å²) in [5.41, 5.74) is -1.79. The number of halogens is 5. The molecule has 1 atom stereocenters. The van der Waals surface area contributed by atoms with Crippen LogP contribution in [0.2, 0.25) is 0 Å². The summed E-state index contributed by atoms with van der Waals surface area (Å²) in [6.45, 7) is -0.825. The van der Waals surface area contributed by atoms with Gasteiger partial charge in [-0.05, 0) is 54.6 Å². The number of hydrogen-bond acceptors (Lipinski definition) is 5. The molecule has 0 aliphatic rings. The Morgan fingerprint density at radius 2 is 1.53 bits per heavy atom. The van der Waals surface area contributed by atoms with Gasteiger partial charge in [-0.1, -0.05) is 0 Å². The van der Waals surface area contributed by atoms with Crippen LogP contribution in [-0.2, 0) is 26.0 Å². The van der Waals surface area contributed by atoms with Crippen molar-refractivity contribution in [1.82, 2.24) is 4.72 Å². The third kappa shape index (κ3) is 5.00. The lowest BCUT2D eigenvalue weighted by Gasteiger charge is -2.17. The topological polar surface area (TPSA) is 93.4 Å². The third-order valence-corrected chi connectivity index (χ3v) is 7.89. The molecular weight excluding hydrogens is 481 g/mol. The predicted molar refractivity (Wildman–Crippen MR) is 102 cm³/mol. The van der Waals surface area contributed by atoms with Crippen LogP contribution in [0.5, 0.6) is 0 Å². The SMILES string of the molecule is O=S(=O)(NCC(c1ccco1)S(=O)(=O)c1ccc(F)cc1)c1ccc(F)c(C(F)(F)F)c1. The number of sulfonamides is 1. The van der Waals surface area contributed by atoms with Gasteiger partial charge < -0.3 is 4.42 Å². The molecule has 6 nitrogen and oxygen atoms in total. The van der Waals surface area contributed by atoms with Crippen molar-refractivity contribution in [2.45, 2.75) is 21.2 Å². The summed E-state index contributed by atoms with van der Waals surface area (Å²) in [6.07, 6.45) is -4.00. The van der Waals surface area contributed by atoms with Gasteiger partial charge >= 0.3 is 6.18 Å². The second kappa shape index (κ2) is 8.64. The monoisotopic (exact) mass is 495 g/mol. The molecule has 0 saturated carbocycles. The largest absolute Gasteiger partial charge is 0.468 e. The van der Waals surface area contributed by atoms with Gasteiger partial charge in [0.15, 0.2) is 9.84 Å². The zero-order valence-electron chi connectivity index (χ0n) is 15.8. The Kier molecular flexibility index (Phi) is 6.45. The Balaban J connectivity index is 1.94. The Labute approximate surface area is 179 Å². The van der Waals surface area contributed by atoms with E-state index in [-0.39, 0.29) is 16.7 Å². The Morgan fingerprint density at radius 3 is 2.09 bits per heavy atom. The van der Waals surface area contributed by atoms with Gasteiger partial charge in [0.25, 0.3) is 0 Å². The van der Waals surface area contributed by atoms with E-state index < -0.39 is 59.9 Å². The molecule has 1 heterocycles. The van der Waals surface area contributed by atoms with Gasteiger partial charge in [-0.2, -0.15) is 13.2 Å². The molecule has 1 aromatic heterocycles. The summed E-state index contributed by atoms with van der Waals surface area (Å²) in [7, 11) is -8.99. The maximum absolute atomic E-state index is 13.5. The fourth-order valence-electron chi connectivity index (χ4n) is 2.78. The van der Waals surface area contributed by atoms with Crippen LogP contribution >= 0.6 is 0 Å². The first-order valence-electron chi connectivity index (χ1n) is 8.71. The number of benzene rings is 2. The maximum Gasteiger partial charge on any atom is 0.419 e. The van der Waals surface area contributed by atoms with E-state index in [0.717, 1.165) is 30.5 Å². The van der Waals surface area contributed by atoms with Crippen molar-refractivity contribution in [2.24, 2.45) is 0 Å². The summed E-state index contributed by atoms with van der Waals surface area (Å²) >= 11 is 0. The fourth-order valence-corrected chi connectivity index (χ4v) is 5.55. The molecule has 3 rings (SSSR count). The average Bonchev–Trinajstić information content (AvgIpc) is 3.21. The van der Waals surface area contributed by atoms with E-state index >= 15 is 0 Å². The summed E-state index contributed by atoms with van der Waals surface area (Å²) in [5.74, 6) is -2.52. The maximum atomic E-state index is 13.5. The van der Waals surface area contributed by atoms with E-state index in [4.69, 9.17) is 4.42 Å². The molecule has 2 aromatic carbocycles. The van der Waals surface area contributed by atoms with Crippen LogP contribution in [0.3, 0.4) is 0 Å². The van der Waals surface area contributed by atoms with Crippen molar-refractivity contribution in [3.8, 4) is 0 Å². The van der Waals surface area contributed by atoms with E-state index in [1.54, 1.807) is 0 Å². The normalized spacial score (nSPS) is 13.8. The van der Waals surface area contributed by atoms with Gasteiger partial charge in [-0.15, -0.1) is 0 Å². The van der Waals surface area contributed by atoms with Gasteiger partial charge in [-0.3, -0.25) is 0 Å². The van der Waals surface area contributed by atoms with Crippen LogP contribution in [0.1, 0.15) is 16.6 Å². The summed E-state index contributed by atoms with van der Waals surface area (Å²) in [6, 6.07) is 7.43. The molecule has 0 radical (unpaired) electrons. The van der Waals surface area contributed by atoms with Crippen LogP contribution in [0, 0.1) is 11.6 Å². The number of nitrogens with one attached hydrogen (secondary N) is 1. The van der Waals surface area contributed by atoms with E-state index in [0.29, 0.717) is 12.1 Å². The zero-order chi connectivity index (χ0) is 23.7. The van der Waals surface area contributed by atoms with Gasteiger partial charge in [0.2, 0.25) is 10.0 Å². The smallest absolute Gasteiger partial charge is 0.419 e. The quantitative estimate of drug-likeness (QED) is 0.394. The lowest BCUT2D eigenvalue weighted by molar-refractivity contribution is -0.140. The lowest BCUT2D eigenvalue weighted by Crippen LogP contribution is -2.32. The van der Waals surface area contributed by atoms with E-state index in [2.05, 4.69) is 0 Å². The number of rotatable bonds is 7. The van der Waals surface area contributed by atoms with Crippen molar-refractivity contribution >= 4 is 19.9 Å². The molecular formula is C19H14F5NO5S2. The molecule has 0 amide bonds. The van der Waals surface area contributed by atoms with Crippen molar-refractivity contribution < 1.29 is 43.2 Å². The highest BCUT2D eigenvalue weighted by Gasteiger charge is 2.36. The van der Waals surface area contributed by atoms with Gasteiger partial charge in [-0.25, -0.2) is 30.3 Å². The number of sulfone groups is 1. The van der Waals surface area contributed by atoms with Gasteiger partial charge in [0.05, 0.1) is 21.6 Å². The molecule has 0 aliphatic heterocycles. The number of furan rings is 1. The van der Waals surface area contributed by atoms with Crippen LogP contribution in [0.4, 0.5) is 22.0 Å². The standard InChI is InChI=1S/C19H14F5NO5S2/c20-12-3-5-13(6-4-12)31(26,27)18(17-2-1-9-30-17)11-25-32(28,29)14-7-8-16(21)15(10-14)19(22,23)24/h1-10,18,25H,11H2. The molecule has 1 N–H and O–H groups in total. The van der Waals surface area contributed by atoms with E-state index in [1.165, 1.54) is 12.1 Å². The van der Waals surface area contributed by atoms with Crippen molar-refractivity contribution in [1.29, 1.82) is 0 Å². The minimum absolute atomic E-state index is 0.105. The molecule has 0 spiro atoms. The lowest BCUT2D eigenvalue weighted by atomic mass is 10.2. The van der Waals surface area contributed by atoms with Crippen molar-refractivity contribution in [3.63, 3.8) is 0 Å². The zero-order valence-corrected chi connectivity index (χ0v) is 17.4. The second-order valence-electron chi connectivity index (χ2n) is 6.49. The van der Waals surface area contributed by atoms with E-state index in [9.17, 15) is 38.8 Å². The third-order valence-electron chi connectivity index (χ3n) is 4.39. The molecule has 0 bridgehead atoms. The molecule has 172 valence electrons. The first kappa shape index (κ1) is 23.9. The molecule has 0 aliphatic carbocycles. The average molecular weight is 495 g/mol. The molecule has 0 fully saturated rings. The number of hydrogen-bond donors (Lipinski definition) is 1. The first-order valence-corrected chi connectivity index (χ1v) is 11.7. The summed E-state index contributed by atoms with van der Waals surface area (Å²) in [5, 5.41) is -1.62. The van der Waals surface area contributed by atoms with E-state index in [1.807, 2.05) is 4.72 Å². The summed E-state index contributed by atoms with van der Waals surface area (Å²) < 4.78 is 123. The number of alkyl halides is 3.